The molecule has 0 fully saturated rings. The summed E-state index contributed by atoms with van der Waals surface area (Å²) in [6.07, 6.45) is 6.42. The number of esters is 1. The number of pyridine rings is 1. The Morgan fingerprint density at radius 3 is 2.62 bits per heavy atom. The normalized spacial score (nSPS) is 10.8. The van der Waals surface area contributed by atoms with Gasteiger partial charge in [0.15, 0.2) is 0 Å². The van der Waals surface area contributed by atoms with E-state index in [2.05, 4.69) is 4.98 Å². The Morgan fingerprint density at radius 2 is 1.91 bits per heavy atom. The number of hydrogen-bond donors (Lipinski definition) is 0. The highest BCUT2D eigenvalue weighted by Gasteiger charge is 2.07. The summed E-state index contributed by atoms with van der Waals surface area (Å²) >= 11 is 12.5. The van der Waals surface area contributed by atoms with Gasteiger partial charge in [-0.15, -0.1) is 0 Å². The maximum absolute atomic E-state index is 11.7. The lowest BCUT2D eigenvalue weighted by atomic mass is 10.2. The Morgan fingerprint density at radius 1 is 1.06 bits per heavy atom. The summed E-state index contributed by atoms with van der Waals surface area (Å²) in [5.74, 6) is 1.04. The minimum atomic E-state index is -0.379. The van der Waals surface area contributed by atoms with Crippen LogP contribution in [0.5, 0.6) is 17.4 Å². The van der Waals surface area contributed by atoms with E-state index in [9.17, 15) is 4.79 Å². The molecule has 0 bridgehead atoms. The quantitative estimate of drug-likeness (QED) is 0.179. The number of carbonyl (C=O) groups excluding carboxylic acids is 1. The van der Waals surface area contributed by atoms with Crippen molar-refractivity contribution < 1.29 is 19.0 Å². The number of ether oxygens (including phenoxy) is 3. The summed E-state index contributed by atoms with van der Waals surface area (Å²) < 4.78 is 16.6. The van der Waals surface area contributed by atoms with Gasteiger partial charge in [-0.2, -0.15) is 0 Å². The Labute approximate surface area is 197 Å². The van der Waals surface area contributed by atoms with E-state index in [4.69, 9.17) is 37.4 Å². The zero-order chi connectivity index (χ0) is 22.8. The summed E-state index contributed by atoms with van der Waals surface area (Å²) in [6.45, 7) is 2.80. The molecule has 0 N–H and O–H groups in total. The predicted octanol–water partition coefficient (Wildman–Crippen LogP) is 7.12. The number of halogens is 2. The van der Waals surface area contributed by atoms with Gasteiger partial charge in [-0.25, -0.2) is 9.78 Å². The molecule has 0 aliphatic heterocycles. The summed E-state index contributed by atoms with van der Waals surface area (Å²) in [6, 6.07) is 16.2. The van der Waals surface area contributed by atoms with Crippen molar-refractivity contribution in [2.24, 2.45) is 0 Å². The minimum absolute atomic E-state index is 0.342. The number of unbranched alkanes of at least 4 members (excludes halogenated alkanes) is 1. The van der Waals surface area contributed by atoms with Crippen molar-refractivity contribution in [3.63, 3.8) is 0 Å². The van der Waals surface area contributed by atoms with Gasteiger partial charge in [0.1, 0.15) is 18.1 Å². The van der Waals surface area contributed by atoms with E-state index in [1.165, 1.54) is 6.08 Å². The summed E-state index contributed by atoms with van der Waals surface area (Å²) in [5, 5.41) is 1.05. The third-order valence-corrected chi connectivity index (χ3v) is 5.05. The van der Waals surface area contributed by atoms with Crippen molar-refractivity contribution in [2.75, 3.05) is 6.61 Å². The topological polar surface area (TPSA) is 57.7 Å². The molecule has 1 heterocycles. The molecule has 0 saturated carbocycles. The first kappa shape index (κ1) is 23.6. The van der Waals surface area contributed by atoms with Gasteiger partial charge in [0.2, 0.25) is 5.88 Å². The Balaban J connectivity index is 1.55. The Kier molecular flexibility index (Phi) is 8.96. The van der Waals surface area contributed by atoms with Gasteiger partial charge < -0.3 is 14.2 Å². The van der Waals surface area contributed by atoms with E-state index in [1.54, 1.807) is 42.6 Å². The van der Waals surface area contributed by atoms with E-state index < -0.39 is 0 Å². The van der Waals surface area contributed by atoms with E-state index in [1.807, 2.05) is 31.2 Å². The molecular formula is C25H23Cl2NO4. The van der Waals surface area contributed by atoms with Crippen LogP contribution >= 0.6 is 23.2 Å². The first-order valence-corrected chi connectivity index (χ1v) is 10.9. The smallest absolute Gasteiger partial charge is 0.330 e. The van der Waals surface area contributed by atoms with Crippen LogP contribution in [0.4, 0.5) is 0 Å². The molecule has 3 rings (SSSR count). The lowest BCUT2D eigenvalue weighted by molar-refractivity contribution is -0.137. The average Bonchev–Trinajstić information content (AvgIpc) is 2.80. The average molecular weight is 472 g/mol. The Bertz CT molecular complexity index is 1070. The molecule has 0 spiro atoms. The van der Waals surface area contributed by atoms with Crippen LogP contribution in [0.1, 0.15) is 30.9 Å². The Hall–Kier alpha value is -3.02. The monoisotopic (exact) mass is 471 g/mol. The van der Waals surface area contributed by atoms with Crippen LogP contribution in [0.3, 0.4) is 0 Å². The van der Waals surface area contributed by atoms with Gasteiger partial charge >= 0.3 is 5.97 Å². The van der Waals surface area contributed by atoms with Gasteiger partial charge in [-0.05, 0) is 42.3 Å². The third-order valence-electron chi connectivity index (χ3n) is 4.39. The van der Waals surface area contributed by atoms with Crippen molar-refractivity contribution in [3.05, 3.63) is 88.0 Å². The van der Waals surface area contributed by atoms with E-state index >= 15 is 0 Å². The van der Waals surface area contributed by atoms with Gasteiger partial charge in [-0.1, -0.05) is 60.8 Å². The van der Waals surface area contributed by atoms with Gasteiger partial charge in [0.25, 0.3) is 0 Å². The van der Waals surface area contributed by atoms with E-state index in [0.717, 1.165) is 24.0 Å². The third kappa shape index (κ3) is 7.29. The fourth-order valence-corrected chi connectivity index (χ4v) is 3.05. The largest absolute Gasteiger partial charge is 0.487 e. The second-order valence-electron chi connectivity index (χ2n) is 6.86. The number of benzene rings is 2. The fraction of sp³-hybridized carbons (Fsp3) is 0.200. The second kappa shape index (κ2) is 12.1. The van der Waals surface area contributed by atoms with Crippen LogP contribution in [0.15, 0.2) is 66.9 Å². The highest BCUT2D eigenvalue weighted by atomic mass is 35.5. The number of nitrogens with zero attached hydrogens (tertiary/aromatic N) is 1. The predicted molar refractivity (Wildman–Crippen MR) is 126 cm³/mol. The van der Waals surface area contributed by atoms with Crippen molar-refractivity contribution in [1.82, 2.24) is 4.98 Å². The molecule has 0 atom stereocenters. The van der Waals surface area contributed by atoms with Crippen molar-refractivity contribution in [3.8, 4) is 17.4 Å². The van der Waals surface area contributed by atoms with Crippen LogP contribution in [0.25, 0.3) is 6.08 Å². The maximum Gasteiger partial charge on any atom is 0.330 e. The molecule has 0 unspecified atom stereocenters. The molecule has 7 heteroatoms. The van der Waals surface area contributed by atoms with Crippen LogP contribution < -0.4 is 9.47 Å². The highest BCUT2D eigenvalue weighted by molar-refractivity contribution is 6.32. The molecule has 0 amide bonds. The SMILES string of the molecule is CCCCOC(=O)/C=C/c1ccc(Oc2ccc(OCc3ccccc3Cl)cn2)c(Cl)c1. The van der Waals surface area contributed by atoms with Crippen molar-refractivity contribution in [1.29, 1.82) is 0 Å². The molecule has 166 valence electrons. The van der Waals surface area contributed by atoms with Crippen LogP contribution in [-0.4, -0.2) is 17.6 Å². The van der Waals surface area contributed by atoms with Gasteiger partial charge in [0.05, 0.1) is 17.8 Å². The standard InChI is InChI=1S/C25H23Cl2NO4/c1-2-3-14-30-25(29)13-9-18-8-11-23(22(27)15-18)32-24-12-10-20(16-28-24)31-17-19-6-4-5-7-21(19)26/h4-13,15-16H,2-3,14,17H2,1H3/b13-9+. The zero-order valence-electron chi connectivity index (χ0n) is 17.6. The molecule has 3 aromatic rings. The number of carbonyl (C=O) groups is 1. The lowest BCUT2D eigenvalue weighted by Gasteiger charge is -2.10. The molecule has 0 aliphatic rings. The van der Waals surface area contributed by atoms with Crippen molar-refractivity contribution >= 4 is 35.2 Å². The number of rotatable bonds is 10. The van der Waals surface area contributed by atoms with Crippen LogP contribution in [0.2, 0.25) is 10.0 Å². The molecule has 2 aromatic carbocycles. The van der Waals surface area contributed by atoms with Gasteiger partial charge in [0, 0.05) is 22.7 Å². The summed E-state index contributed by atoms with van der Waals surface area (Å²) in [4.78, 5) is 15.9. The molecule has 32 heavy (non-hydrogen) atoms. The molecule has 0 saturated heterocycles. The zero-order valence-corrected chi connectivity index (χ0v) is 19.1. The molecule has 0 aliphatic carbocycles. The van der Waals surface area contributed by atoms with E-state index in [-0.39, 0.29) is 5.97 Å². The lowest BCUT2D eigenvalue weighted by Crippen LogP contribution is -2.01. The molecule has 0 radical (unpaired) electrons. The minimum Gasteiger partial charge on any atom is -0.487 e. The molecule has 5 nitrogen and oxygen atoms in total. The number of aromatic nitrogens is 1. The number of hydrogen-bond acceptors (Lipinski definition) is 5. The van der Waals surface area contributed by atoms with Gasteiger partial charge in [-0.3, -0.25) is 0 Å². The summed E-state index contributed by atoms with van der Waals surface area (Å²) in [5.41, 5.74) is 1.65. The van der Waals surface area contributed by atoms with Crippen LogP contribution in [0, 0.1) is 0 Å². The van der Waals surface area contributed by atoms with E-state index in [0.29, 0.717) is 40.6 Å². The van der Waals surface area contributed by atoms with Crippen molar-refractivity contribution in [2.45, 2.75) is 26.4 Å². The highest BCUT2D eigenvalue weighted by Crippen LogP contribution is 2.30. The summed E-state index contributed by atoms with van der Waals surface area (Å²) in [7, 11) is 0. The molecular weight excluding hydrogens is 449 g/mol. The fourth-order valence-electron chi connectivity index (χ4n) is 2.63. The first-order valence-electron chi connectivity index (χ1n) is 10.2. The first-order chi connectivity index (χ1) is 15.5. The molecule has 1 aromatic heterocycles. The van der Waals surface area contributed by atoms with Crippen LogP contribution in [-0.2, 0) is 16.1 Å². The maximum atomic E-state index is 11.7. The second-order valence-corrected chi connectivity index (χ2v) is 7.67.